The molecule has 1 aliphatic carbocycles. The average molecular weight is 305 g/mol. The molecule has 0 aliphatic heterocycles. The Morgan fingerprint density at radius 2 is 2.00 bits per heavy atom. The van der Waals surface area contributed by atoms with Crippen LogP contribution in [0.5, 0.6) is 0 Å². The van der Waals surface area contributed by atoms with E-state index in [0.717, 1.165) is 12.0 Å². The molecule has 1 aromatic rings. The molecular formula is C16H18OSe. The van der Waals surface area contributed by atoms with Crippen molar-refractivity contribution in [1.82, 2.24) is 0 Å². The van der Waals surface area contributed by atoms with Gasteiger partial charge in [-0.15, -0.1) is 0 Å². The molecule has 1 nitrogen and oxygen atoms in total. The zero-order chi connectivity index (χ0) is 12.8. The second-order valence-electron chi connectivity index (χ2n) is 4.42. The molecule has 0 spiro atoms. The zero-order valence-corrected chi connectivity index (χ0v) is 12.4. The van der Waals surface area contributed by atoms with Crippen LogP contribution >= 0.6 is 0 Å². The van der Waals surface area contributed by atoms with Gasteiger partial charge in [0.15, 0.2) is 0 Å². The number of hydrogen-bond acceptors (Lipinski definition) is 1. The summed E-state index contributed by atoms with van der Waals surface area (Å²) < 4.78 is 1.27. The number of allylic oxidation sites excluding steroid dienone is 4. The fraction of sp³-hybridized carbons (Fsp3) is 0.312. The van der Waals surface area contributed by atoms with Crippen molar-refractivity contribution < 1.29 is 4.79 Å². The number of hydrogen-bond donors (Lipinski definition) is 0. The molecule has 0 saturated heterocycles. The Labute approximate surface area is 115 Å². The quantitative estimate of drug-likeness (QED) is 0.467. The van der Waals surface area contributed by atoms with Crippen LogP contribution in [0.2, 0.25) is 5.82 Å². The van der Waals surface area contributed by atoms with E-state index in [4.69, 9.17) is 0 Å². The number of carbonyl (C=O) groups excluding carboxylic acids is 1. The number of rotatable bonds is 4. The van der Waals surface area contributed by atoms with Crippen molar-refractivity contribution in [2.45, 2.75) is 31.5 Å². The molecule has 18 heavy (non-hydrogen) atoms. The van der Waals surface area contributed by atoms with E-state index in [2.05, 4.69) is 11.9 Å². The average Bonchev–Trinajstić information content (AvgIpc) is 2.46. The standard InChI is InChI=1S/C16H18OSe/c1-18-16(14-10-6-3-7-11-14)12-15(17)13-8-4-2-5-9-13/h2,4-5,8-10,12H,3,6-7,11H2,1H3/b16-12-. The minimum atomic E-state index is 0.140. The van der Waals surface area contributed by atoms with E-state index in [1.165, 1.54) is 29.3 Å². The number of carbonyl (C=O) groups is 1. The van der Waals surface area contributed by atoms with Gasteiger partial charge in [-0.2, -0.15) is 0 Å². The second-order valence-corrected chi connectivity index (χ2v) is 6.20. The van der Waals surface area contributed by atoms with E-state index in [1.54, 1.807) is 0 Å². The summed E-state index contributed by atoms with van der Waals surface area (Å²) in [6.45, 7) is 0. The number of ketones is 1. The van der Waals surface area contributed by atoms with Gasteiger partial charge in [0.05, 0.1) is 0 Å². The van der Waals surface area contributed by atoms with Crippen molar-refractivity contribution in [3.63, 3.8) is 0 Å². The summed E-state index contributed by atoms with van der Waals surface area (Å²) in [7, 11) is 0. The van der Waals surface area contributed by atoms with Gasteiger partial charge in [-0.05, 0) is 0 Å². The summed E-state index contributed by atoms with van der Waals surface area (Å²) in [5, 5.41) is 0. The normalized spacial score (nSPS) is 16.3. The predicted octanol–water partition coefficient (Wildman–Crippen LogP) is 4.01. The maximum atomic E-state index is 12.2. The fourth-order valence-corrected chi connectivity index (χ4v) is 3.56. The predicted molar refractivity (Wildman–Crippen MR) is 77.0 cm³/mol. The molecule has 0 fully saturated rings. The van der Waals surface area contributed by atoms with E-state index < -0.39 is 0 Å². The molecule has 0 saturated carbocycles. The first-order valence-electron chi connectivity index (χ1n) is 6.36. The molecule has 0 radical (unpaired) electrons. The summed E-state index contributed by atoms with van der Waals surface area (Å²) in [6, 6.07) is 9.53. The van der Waals surface area contributed by atoms with Crippen molar-refractivity contribution in [2.24, 2.45) is 0 Å². The van der Waals surface area contributed by atoms with Gasteiger partial charge in [-0.3, -0.25) is 0 Å². The van der Waals surface area contributed by atoms with Crippen LogP contribution in [0.25, 0.3) is 0 Å². The van der Waals surface area contributed by atoms with Gasteiger partial charge < -0.3 is 0 Å². The first kappa shape index (κ1) is 13.3. The van der Waals surface area contributed by atoms with E-state index in [-0.39, 0.29) is 5.78 Å². The van der Waals surface area contributed by atoms with Gasteiger partial charge >= 0.3 is 115 Å². The van der Waals surface area contributed by atoms with Gasteiger partial charge in [0.25, 0.3) is 0 Å². The third-order valence-electron chi connectivity index (χ3n) is 3.15. The Morgan fingerprint density at radius 3 is 2.61 bits per heavy atom. The molecule has 0 aromatic heterocycles. The van der Waals surface area contributed by atoms with Crippen LogP contribution in [0.4, 0.5) is 0 Å². The fourth-order valence-electron chi connectivity index (χ4n) is 2.15. The SMILES string of the molecule is C[Se]/C(=C\C(=O)c1ccccc1)C1=CCCCC1. The second kappa shape index (κ2) is 6.72. The molecule has 0 bridgehead atoms. The summed E-state index contributed by atoms with van der Waals surface area (Å²) in [5.74, 6) is 2.33. The van der Waals surface area contributed by atoms with Gasteiger partial charge in [0.1, 0.15) is 0 Å². The molecular weight excluding hydrogens is 287 g/mol. The van der Waals surface area contributed by atoms with Crippen molar-refractivity contribution in [3.05, 3.63) is 58.1 Å². The number of benzene rings is 1. The van der Waals surface area contributed by atoms with E-state index >= 15 is 0 Å². The van der Waals surface area contributed by atoms with Crippen LogP contribution < -0.4 is 0 Å². The van der Waals surface area contributed by atoms with Gasteiger partial charge in [-0.1, -0.05) is 0 Å². The molecule has 1 aromatic carbocycles. The summed E-state index contributed by atoms with van der Waals surface area (Å²) in [5.41, 5.74) is 2.20. The summed E-state index contributed by atoms with van der Waals surface area (Å²) in [4.78, 5) is 12.2. The first-order chi connectivity index (χ1) is 8.81. The Hall–Kier alpha value is -1.11. The van der Waals surface area contributed by atoms with Crippen molar-refractivity contribution in [2.75, 3.05) is 0 Å². The van der Waals surface area contributed by atoms with Gasteiger partial charge in [0, 0.05) is 0 Å². The summed E-state index contributed by atoms with van der Waals surface area (Å²) >= 11 is 0.383. The molecule has 94 valence electrons. The van der Waals surface area contributed by atoms with Gasteiger partial charge in [0.2, 0.25) is 0 Å². The maximum absolute atomic E-state index is 12.2. The molecule has 0 N–H and O–H groups in total. The molecule has 2 rings (SSSR count). The molecule has 0 heterocycles. The topological polar surface area (TPSA) is 17.1 Å². The molecule has 2 heteroatoms. The summed E-state index contributed by atoms with van der Waals surface area (Å²) in [6.07, 6.45) is 9.04. The zero-order valence-electron chi connectivity index (χ0n) is 10.7. The molecule has 0 atom stereocenters. The Bertz CT molecular complexity index is 471. The van der Waals surface area contributed by atoms with Crippen LogP contribution in [0.15, 0.2) is 52.5 Å². The van der Waals surface area contributed by atoms with Crippen LogP contribution in [0.3, 0.4) is 0 Å². The first-order valence-corrected chi connectivity index (χ1v) is 8.92. The van der Waals surface area contributed by atoms with E-state index in [9.17, 15) is 4.79 Å². The molecule has 0 amide bonds. The third-order valence-corrected chi connectivity index (χ3v) is 4.87. The van der Waals surface area contributed by atoms with Crippen molar-refractivity contribution in [3.8, 4) is 0 Å². The van der Waals surface area contributed by atoms with Crippen molar-refractivity contribution >= 4 is 20.7 Å². The molecule has 0 unspecified atom stereocenters. The van der Waals surface area contributed by atoms with Crippen molar-refractivity contribution in [1.29, 1.82) is 0 Å². The van der Waals surface area contributed by atoms with E-state index in [0.29, 0.717) is 15.0 Å². The monoisotopic (exact) mass is 306 g/mol. The minimum absolute atomic E-state index is 0.140. The van der Waals surface area contributed by atoms with Crippen LogP contribution in [-0.2, 0) is 0 Å². The Balaban J connectivity index is 2.19. The van der Waals surface area contributed by atoms with Crippen LogP contribution in [0, 0.1) is 0 Å². The Morgan fingerprint density at radius 1 is 1.22 bits per heavy atom. The van der Waals surface area contributed by atoms with Gasteiger partial charge in [-0.25, -0.2) is 0 Å². The Kier molecular flexibility index (Phi) is 4.98. The molecule has 1 aliphatic rings. The van der Waals surface area contributed by atoms with E-state index in [1.807, 2.05) is 36.4 Å². The third kappa shape index (κ3) is 3.44. The van der Waals surface area contributed by atoms with Crippen LogP contribution in [0.1, 0.15) is 36.0 Å². The van der Waals surface area contributed by atoms with Crippen LogP contribution in [-0.4, -0.2) is 20.7 Å².